The minimum absolute atomic E-state index is 0.234. The van der Waals surface area contributed by atoms with Gasteiger partial charge in [-0.25, -0.2) is 0 Å². The predicted octanol–water partition coefficient (Wildman–Crippen LogP) is 3.29. The number of nitrogens with zero attached hydrogens (tertiary/aromatic N) is 1. The summed E-state index contributed by atoms with van der Waals surface area (Å²) in [6, 6.07) is 22.8. The average molecular weight is 512 g/mol. The van der Waals surface area contributed by atoms with Crippen LogP contribution in [0.5, 0.6) is 5.75 Å². The molecular weight excluding hydrogens is 482 g/mol. The summed E-state index contributed by atoms with van der Waals surface area (Å²) in [6.07, 6.45) is -5.51. The zero-order valence-corrected chi connectivity index (χ0v) is 20.6. The average Bonchev–Trinajstić information content (AvgIpc) is 2.90. The summed E-state index contributed by atoms with van der Waals surface area (Å²) in [4.78, 5) is 4.49. The van der Waals surface area contributed by atoms with Crippen molar-refractivity contribution in [3.05, 3.63) is 100 Å². The Morgan fingerprint density at radius 3 is 2.36 bits per heavy atom. The van der Waals surface area contributed by atoms with Crippen LogP contribution in [0.15, 0.2) is 77.8 Å². The molecule has 1 heterocycles. The highest BCUT2D eigenvalue weighted by atomic mass is 35.5. The van der Waals surface area contributed by atoms with Gasteiger partial charge < -0.3 is 29.9 Å². The predicted molar refractivity (Wildman–Crippen MR) is 138 cm³/mol. The van der Waals surface area contributed by atoms with E-state index in [0.29, 0.717) is 17.0 Å². The maximum atomic E-state index is 10.5. The molecule has 190 valence electrons. The summed E-state index contributed by atoms with van der Waals surface area (Å²) >= 11 is 6.45. The van der Waals surface area contributed by atoms with E-state index in [2.05, 4.69) is 4.99 Å². The molecule has 1 aliphatic heterocycles. The van der Waals surface area contributed by atoms with Gasteiger partial charge in [0.1, 0.15) is 36.3 Å². The zero-order valence-electron chi connectivity index (χ0n) is 19.9. The van der Waals surface area contributed by atoms with E-state index in [4.69, 9.17) is 21.1 Å². The minimum Gasteiger partial charge on any atom is -0.471 e. The summed E-state index contributed by atoms with van der Waals surface area (Å²) < 4.78 is 11.3. The second-order valence-corrected chi connectivity index (χ2v) is 9.21. The fourth-order valence-electron chi connectivity index (χ4n) is 4.18. The summed E-state index contributed by atoms with van der Waals surface area (Å²) in [5.74, 6) is 0.771. The van der Waals surface area contributed by atoms with Gasteiger partial charge in [0.2, 0.25) is 0 Å². The number of benzene rings is 3. The lowest BCUT2D eigenvalue weighted by molar-refractivity contribution is -0.231. The van der Waals surface area contributed by atoms with Crippen LogP contribution in [-0.2, 0) is 11.2 Å². The summed E-state index contributed by atoms with van der Waals surface area (Å²) in [6.45, 7) is 1.69. The van der Waals surface area contributed by atoms with Crippen molar-refractivity contribution in [1.82, 2.24) is 0 Å². The number of hydrogen-bond acceptors (Lipinski definition) is 7. The van der Waals surface area contributed by atoms with Gasteiger partial charge in [0, 0.05) is 10.7 Å². The van der Waals surface area contributed by atoms with Gasteiger partial charge in [-0.05, 0) is 53.8 Å². The molecule has 0 amide bonds. The van der Waals surface area contributed by atoms with Gasteiger partial charge in [-0.1, -0.05) is 66.2 Å². The van der Waals surface area contributed by atoms with E-state index in [1.54, 1.807) is 12.1 Å². The van der Waals surface area contributed by atoms with E-state index in [1.165, 1.54) is 0 Å². The van der Waals surface area contributed by atoms with E-state index >= 15 is 0 Å². The van der Waals surface area contributed by atoms with Crippen LogP contribution in [0.4, 0.5) is 0 Å². The van der Waals surface area contributed by atoms with Gasteiger partial charge in [-0.15, -0.1) is 0 Å². The second-order valence-electron chi connectivity index (χ2n) is 8.80. The molecule has 4 rings (SSSR count). The van der Waals surface area contributed by atoms with Crippen LogP contribution in [0.25, 0.3) is 0 Å². The van der Waals surface area contributed by atoms with Crippen molar-refractivity contribution in [3.8, 4) is 5.75 Å². The Balaban J connectivity index is 1.44. The standard InChI is InChI=1S/C28H30ClNO6/c1-17(30-16-35-22-5-3-2-4-6-22)19-9-7-18(8-10-19)13-21-14-20(11-12-23(21)29)28-27(34)26(33)25(32)24(15-31)36-28/h2-12,14,24-28,31-34H,13,15-16H2,1H3. The Labute approximate surface area is 215 Å². The Morgan fingerprint density at radius 1 is 0.944 bits per heavy atom. The molecule has 8 heteroatoms. The number of aliphatic imine (C=N–C) groups is 1. The lowest BCUT2D eigenvalue weighted by atomic mass is 9.90. The maximum absolute atomic E-state index is 10.5. The number of para-hydroxylation sites is 1. The minimum atomic E-state index is -1.43. The van der Waals surface area contributed by atoms with Crippen molar-refractivity contribution in [2.45, 2.75) is 43.9 Å². The molecule has 4 N–H and O–H groups in total. The first-order chi connectivity index (χ1) is 17.4. The first kappa shape index (κ1) is 26.3. The quantitative estimate of drug-likeness (QED) is 0.345. The van der Waals surface area contributed by atoms with Crippen molar-refractivity contribution in [2.75, 3.05) is 13.3 Å². The van der Waals surface area contributed by atoms with Gasteiger partial charge in [0.05, 0.1) is 6.61 Å². The van der Waals surface area contributed by atoms with Crippen LogP contribution in [0.3, 0.4) is 0 Å². The molecule has 5 atom stereocenters. The molecule has 0 aromatic heterocycles. The van der Waals surface area contributed by atoms with Crippen LogP contribution in [-0.4, -0.2) is 63.9 Å². The van der Waals surface area contributed by atoms with Gasteiger partial charge in [-0.3, -0.25) is 4.99 Å². The number of halogens is 1. The van der Waals surface area contributed by atoms with Crippen LogP contribution in [0.1, 0.15) is 35.3 Å². The molecule has 0 bridgehead atoms. The van der Waals surface area contributed by atoms with Gasteiger partial charge in [0.25, 0.3) is 0 Å². The molecule has 3 aromatic rings. The lowest BCUT2D eigenvalue weighted by Crippen LogP contribution is -2.55. The number of aliphatic hydroxyl groups is 4. The van der Waals surface area contributed by atoms with E-state index in [-0.39, 0.29) is 6.73 Å². The fourth-order valence-corrected chi connectivity index (χ4v) is 4.36. The van der Waals surface area contributed by atoms with E-state index in [0.717, 1.165) is 28.2 Å². The number of aliphatic hydroxyl groups excluding tert-OH is 4. The van der Waals surface area contributed by atoms with Crippen LogP contribution < -0.4 is 4.74 Å². The highest BCUT2D eigenvalue weighted by Crippen LogP contribution is 2.34. The molecule has 36 heavy (non-hydrogen) atoms. The largest absolute Gasteiger partial charge is 0.471 e. The molecule has 1 fully saturated rings. The number of rotatable bonds is 8. The normalized spacial score (nSPS) is 24.5. The zero-order chi connectivity index (χ0) is 25.7. The van der Waals surface area contributed by atoms with Crippen molar-refractivity contribution in [1.29, 1.82) is 0 Å². The van der Waals surface area contributed by atoms with Gasteiger partial charge in [0.15, 0.2) is 6.73 Å². The Hall–Kier alpha value is -2.78. The molecule has 1 saturated heterocycles. The third-order valence-electron chi connectivity index (χ3n) is 6.33. The molecule has 0 aliphatic carbocycles. The van der Waals surface area contributed by atoms with Crippen molar-refractivity contribution < 1.29 is 29.9 Å². The second kappa shape index (κ2) is 12.0. The molecule has 0 spiro atoms. The number of ether oxygens (including phenoxy) is 2. The summed E-state index contributed by atoms with van der Waals surface area (Å²) in [5.41, 5.74) is 4.29. The number of hydrogen-bond donors (Lipinski definition) is 4. The van der Waals surface area contributed by atoms with E-state index < -0.39 is 37.1 Å². The fraction of sp³-hybridized carbons (Fsp3) is 0.321. The molecule has 3 aromatic carbocycles. The summed E-state index contributed by atoms with van der Waals surface area (Å²) in [7, 11) is 0. The van der Waals surface area contributed by atoms with Crippen LogP contribution in [0.2, 0.25) is 5.02 Å². The first-order valence-electron chi connectivity index (χ1n) is 11.7. The van der Waals surface area contributed by atoms with Crippen molar-refractivity contribution in [3.63, 3.8) is 0 Å². The molecule has 1 aliphatic rings. The Bertz CT molecular complexity index is 1170. The van der Waals surface area contributed by atoms with E-state index in [1.807, 2.05) is 67.6 Å². The molecule has 0 saturated carbocycles. The third kappa shape index (κ3) is 6.13. The Morgan fingerprint density at radius 2 is 1.67 bits per heavy atom. The highest BCUT2D eigenvalue weighted by Gasteiger charge is 2.44. The summed E-state index contributed by atoms with van der Waals surface area (Å²) in [5, 5.41) is 40.7. The molecule has 0 radical (unpaired) electrons. The third-order valence-corrected chi connectivity index (χ3v) is 6.70. The van der Waals surface area contributed by atoms with E-state index in [9.17, 15) is 20.4 Å². The van der Waals surface area contributed by atoms with Crippen molar-refractivity contribution >= 4 is 17.3 Å². The first-order valence-corrected chi connectivity index (χ1v) is 12.1. The van der Waals surface area contributed by atoms with Crippen LogP contribution in [0, 0.1) is 0 Å². The smallest absolute Gasteiger partial charge is 0.179 e. The lowest BCUT2D eigenvalue weighted by Gasteiger charge is -2.40. The molecular formula is C28H30ClNO6. The van der Waals surface area contributed by atoms with Crippen LogP contribution >= 0.6 is 11.6 Å². The maximum Gasteiger partial charge on any atom is 0.179 e. The molecule has 7 nitrogen and oxygen atoms in total. The Kier molecular flexibility index (Phi) is 8.74. The van der Waals surface area contributed by atoms with Gasteiger partial charge in [-0.2, -0.15) is 0 Å². The molecule has 5 unspecified atom stereocenters. The topological polar surface area (TPSA) is 112 Å². The van der Waals surface area contributed by atoms with Gasteiger partial charge >= 0.3 is 0 Å². The monoisotopic (exact) mass is 511 g/mol. The van der Waals surface area contributed by atoms with Crippen molar-refractivity contribution in [2.24, 2.45) is 4.99 Å². The SMILES string of the molecule is CC(=NCOc1ccccc1)c1ccc(Cc2cc(C3OC(CO)C(O)C(O)C3O)ccc2Cl)cc1. The highest BCUT2D eigenvalue weighted by molar-refractivity contribution is 6.31.